The number of hydrogen-bond donors (Lipinski definition) is 0. The monoisotopic (exact) mass is 809 g/mol. The Morgan fingerprint density at radius 1 is 0.370 bits per heavy atom. The van der Waals surface area contributed by atoms with E-state index in [1.807, 2.05) is 0 Å². The van der Waals surface area contributed by atoms with Gasteiger partial charge in [-0.1, -0.05) is 0 Å². The van der Waals surface area contributed by atoms with Crippen molar-refractivity contribution in [1.82, 2.24) is 0 Å². The Hall–Kier alpha value is -0.865. The molecule has 0 atom stereocenters. The van der Waals surface area contributed by atoms with Crippen LogP contribution in [0.5, 0.6) is 0 Å². The van der Waals surface area contributed by atoms with Crippen LogP contribution in [-0.4, -0.2) is 44.0 Å². The van der Waals surface area contributed by atoms with Crippen LogP contribution in [0.25, 0.3) is 0 Å². The Morgan fingerprint density at radius 3 is 0.783 bits per heavy atom. The van der Waals surface area contributed by atoms with Crippen LogP contribution in [0.2, 0.25) is 31.3 Å². The van der Waals surface area contributed by atoms with Gasteiger partial charge in [0.2, 0.25) is 0 Å². The van der Waals surface area contributed by atoms with Gasteiger partial charge in [-0.3, -0.25) is 0 Å². The van der Waals surface area contributed by atoms with Crippen LogP contribution in [-0.2, 0) is 0 Å². The zero-order valence-electron chi connectivity index (χ0n) is 31.4. The van der Waals surface area contributed by atoms with E-state index in [-0.39, 0.29) is 0 Å². The van der Waals surface area contributed by atoms with Crippen LogP contribution in [0.1, 0.15) is 83.1 Å². The molecule has 1 nitrogen and oxygen atoms in total. The molecule has 0 aliphatic heterocycles. The van der Waals surface area contributed by atoms with E-state index in [0.717, 1.165) is 35.5 Å². The Labute approximate surface area is 299 Å². The Balaban J connectivity index is 2.22. The fourth-order valence-corrected chi connectivity index (χ4v) is 25.0. The summed E-state index contributed by atoms with van der Waals surface area (Å²) in [4.78, 5) is 2.63. The third kappa shape index (κ3) is 12.9. The van der Waals surface area contributed by atoms with Gasteiger partial charge in [0.15, 0.2) is 0 Å². The van der Waals surface area contributed by atoms with Gasteiger partial charge in [0.05, 0.1) is 0 Å². The first-order valence-electron chi connectivity index (χ1n) is 18.1. The molecule has 0 saturated carbocycles. The number of hydrogen-bond acceptors (Lipinski definition) is 1. The van der Waals surface area contributed by atoms with Crippen LogP contribution in [0.4, 0.5) is 17.1 Å². The zero-order valence-corrected chi connectivity index (χ0v) is 37.1. The molecule has 0 aliphatic rings. The van der Waals surface area contributed by atoms with Crippen LogP contribution < -0.4 is 18.0 Å². The second kappa shape index (κ2) is 19.4. The molecular weight excluding hydrogens is 743 g/mol. The van der Waals surface area contributed by atoms with Crippen molar-refractivity contribution in [3.05, 3.63) is 72.8 Å². The Bertz CT molecular complexity index is 1120. The summed E-state index contributed by atoms with van der Waals surface area (Å²) in [5.41, 5.74) is 4.03. The first kappa shape index (κ1) is 39.6. The predicted molar refractivity (Wildman–Crippen MR) is 215 cm³/mol. The average molecular weight is 810 g/mol. The molecule has 0 heterocycles. The molecule has 0 saturated heterocycles. The van der Waals surface area contributed by atoms with Gasteiger partial charge in [0.1, 0.15) is 0 Å². The van der Waals surface area contributed by atoms with Crippen molar-refractivity contribution in [2.24, 2.45) is 35.5 Å². The molecule has 0 aromatic heterocycles. The van der Waals surface area contributed by atoms with E-state index in [1.165, 1.54) is 48.3 Å². The third-order valence-electron chi connectivity index (χ3n) is 7.87. The zero-order chi connectivity index (χ0) is 34.0. The summed E-state index contributed by atoms with van der Waals surface area (Å²) in [5, 5.41) is 8.31. The Morgan fingerprint density at radius 2 is 0.587 bits per heavy atom. The summed E-state index contributed by atoms with van der Waals surface area (Å²) in [6.07, 6.45) is 0. The third-order valence-corrected chi connectivity index (χ3v) is 29.0. The van der Waals surface area contributed by atoms with Gasteiger partial charge in [-0.05, 0) is 0 Å². The van der Waals surface area contributed by atoms with Crippen LogP contribution in [0.15, 0.2) is 72.8 Å². The van der Waals surface area contributed by atoms with E-state index in [2.05, 4.69) is 161 Å². The second-order valence-corrected chi connectivity index (χ2v) is 30.6. The summed E-state index contributed by atoms with van der Waals surface area (Å²) in [7, 11) is 0. The number of benzene rings is 3. The van der Waals surface area contributed by atoms with E-state index in [9.17, 15) is 0 Å². The summed E-state index contributed by atoms with van der Waals surface area (Å²) in [5.74, 6) is 4.50. The molecule has 254 valence electrons. The molecule has 3 rings (SSSR count). The molecule has 0 bridgehead atoms. The van der Waals surface area contributed by atoms with Crippen molar-refractivity contribution in [2.75, 3.05) is 4.90 Å². The summed E-state index contributed by atoms with van der Waals surface area (Å²) >= 11 is -3.54. The van der Waals surface area contributed by atoms with Crippen LogP contribution in [0, 0.1) is 35.5 Å². The fourth-order valence-electron chi connectivity index (χ4n) is 6.43. The van der Waals surface area contributed by atoms with Crippen molar-refractivity contribution in [3.63, 3.8) is 0 Å². The van der Waals surface area contributed by atoms with Crippen molar-refractivity contribution >= 4 is 74.1 Å². The quantitative estimate of drug-likeness (QED) is 0.116. The molecular formula is C42H66As3N. The van der Waals surface area contributed by atoms with Gasteiger partial charge in [-0.2, -0.15) is 0 Å². The maximum absolute atomic E-state index is 2.63. The minimum absolute atomic E-state index is 0.750. The van der Waals surface area contributed by atoms with E-state index in [4.69, 9.17) is 0 Å². The molecule has 3 aromatic carbocycles. The van der Waals surface area contributed by atoms with E-state index in [0.29, 0.717) is 0 Å². The van der Waals surface area contributed by atoms with Gasteiger partial charge in [0.25, 0.3) is 0 Å². The van der Waals surface area contributed by atoms with E-state index in [1.54, 1.807) is 13.1 Å². The molecule has 0 radical (unpaired) electrons. The number of anilines is 3. The molecule has 46 heavy (non-hydrogen) atoms. The molecule has 0 aliphatic carbocycles. The van der Waals surface area contributed by atoms with Crippen molar-refractivity contribution in [2.45, 2.75) is 114 Å². The van der Waals surface area contributed by atoms with Crippen molar-refractivity contribution < 1.29 is 0 Å². The molecule has 0 unspecified atom stereocenters. The predicted octanol–water partition coefficient (Wildman–Crippen LogP) is 11.2. The number of rotatable bonds is 18. The molecule has 0 spiro atoms. The standard InChI is InChI=1S/C42H66As3N/c1-31(2)25-43(26-32(3)4)37-16-13-19-40(22-37)46(41-20-14-17-38(23-41)44(27-33(5)6)28-34(7)8)42-21-15-18-39(24-42)45(29-35(9)10)30-36(11)12/h13-24,31-36H,25-30H2,1-12H3. The molecule has 3 aromatic rings. The number of nitrogens with zero attached hydrogens (tertiary/aromatic N) is 1. The van der Waals surface area contributed by atoms with Gasteiger partial charge in [-0.25, -0.2) is 0 Å². The fraction of sp³-hybridized carbons (Fsp3) is 0.571. The average Bonchev–Trinajstić information content (AvgIpc) is 2.95. The first-order chi connectivity index (χ1) is 21.7. The van der Waals surface area contributed by atoms with Crippen molar-refractivity contribution in [3.8, 4) is 0 Å². The Kier molecular flexibility index (Phi) is 16.7. The molecule has 0 fully saturated rings. The van der Waals surface area contributed by atoms with Gasteiger partial charge in [0, 0.05) is 0 Å². The summed E-state index contributed by atoms with van der Waals surface area (Å²) in [6.45, 7) is 29.0. The first-order valence-corrected chi connectivity index (χ1v) is 28.9. The molecule has 0 N–H and O–H groups in total. The van der Waals surface area contributed by atoms with E-state index >= 15 is 0 Å². The SMILES string of the molecule is CC(C)C[As](CC(C)C)c1cccc(N(c2cccc([As](CC(C)C)CC(C)C)c2)c2cccc([As](CC(C)C)CC(C)C)c2)c1. The topological polar surface area (TPSA) is 3.24 Å². The normalized spacial score (nSPS) is 12.5. The second-order valence-electron chi connectivity index (χ2n) is 16.0. The van der Waals surface area contributed by atoms with Crippen molar-refractivity contribution in [1.29, 1.82) is 0 Å². The summed E-state index contributed by atoms with van der Waals surface area (Å²) in [6, 6.07) is 29.4. The maximum atomic E-state index is 2.63. The van der Waals surface area contributed by atoms with Crippen LogP contribution >= 0.6 is 0 Å². The molecule has 4 heteroatoms. The molecule has 0 amide bonds. The van der Waals surface area contributed by atoms with Gasteiger partial charge < -0.3 is 0 Å². The minimum atomic E-state index is -1.18. The van der Waals surface area contributed by atoms with Gasteiger partial charge in [-0.15, -0.1) is 0 Å². The van der Waals surface area contributed by atoms with Gasteiger partial charge >= 0.3 is 302 Å². The van der Waals surface area contributed by atoms with E-state index < -0.39 is 44.0 Å². The summed E-state index contributed by atoms with van der Waals surface area (Å²) < 4.78 is 4.93. The van der Waals surface area contributed by atoms with Crippen LogP contribution in [0.3, 0.4) is 0 Å².